The van der Waals surface area contributed by atoms with Crippen molar-refractivity contribution in [3.63, 3.8) is 0 Å². The van der Waals surface area contributed by atoms with E-state index in [4.69, 9.17) is 4.74 Å². The predicted octanol–water partition coefficient (Wildman–Crippen LogP) is 3.12. The molecule has 0 bridgehead atoms. The third-order valence-electron chi connectivity index (χ3n) is 3.98. The number of carbonyl (C=O) groups is 1. The molecule has 0 saturated carbocycles. The van der Waals surface area contributed by atoms with E-state index >= 15 is 0 Å². The van der Waals surface area contributed by atoms with Crippen molar-refractivity contribution in [3.05, 3.63) is 45.6 Å². The summed E-state index contributed by atoms with van der Waals surface area (Å²) in [5, 5.41) is 3.36. The highest BCUT2D eigenvalue weighted by atomic mass is 79.9. The lowest BCUT2D eigenvalue weighted by Crippen LogP contribution is -2.34. The van der Waals surface area contributed by atoms with E-state index in [1.165, 1.54) is 23.9 Å². The molecule has 0 aromatic heterocycles. The van der Waals surface area contributed by atoms with Gasteiger partial charge in [0.2, 0.25) is 0 Å². The zero-order chi connectivity index (χ0) is 13.4. The minimum Gasteiger partial charge on any atom is -0.467 e. The lowest BCUT2D eigenvalue weighted by Gasteiger charge is -2.18. The van der Waals surface area contributed by atoms with Gasteiger partial charge in [0.1, 0.15) is 6.04 Å². The summed E-state index contributed by atoms with van der Waals surface area (Å²) in [6.45, 7) is 0. The van der Waals surface area contributed by atoms with Crippen molar-refractivity contribution in [2.24, 2.45) is 0 Å². The fraction of sp³-hybridized carbons (Fsp3) is 0.400. The van der Waals surface area contributed by atoms with Crippen LogP contribution in [0.1, 0.15) is 30.7 Å². The number of hydrogen-bond acceptors (Lipinski definition) is 3. The second kappa shape index (κ2) is 5.00. The number of rotatable bonds is 2. The van der Waals surface area contributed by atoms with E-state index in [0.717, 1.165) is 23.7 Å². The summed E-state index contributed by atoms with van der Waals surface area (Å²) in [4.78, 5) is 11.6. The molecule has 1 N–H and O–H groups in total. The second-order valence-electron chi connectivity index (χ2n) is 5.09. The summed E-state index contributed by atoms with van der Waals surface area (Å²) in [5.74, 6) is 0.226. The Morgan fingerprint density at radius 2 is 2.32 bits per heavy atom. The average molecular weight is 322 g/mol. The predicted molar refractivity (Wildman–Crippen MR) is 76.7 cm³/mol. The lowest BCUT2D eigenvalue weighted by molar-refractivity contribution is -0.142. The fourth-order valence-electron chi connectivity index (χ4n) is 3.08. The van der Waals surface area contributed by atoms with Crippen molar-refractivity contribution in [2.45, 2.75) is 31.2 Å². The van der Waals surface area contributed by atoms with E-state index < -0.39 is 0 Å². The molecule has 4 heteroatoms. The molecular formula is C15H16BrNO2. The Morgan fingerprint density at radius 1 is 1.47 bits per heavy atom. The summed E-state index contributed by atoms with van der Waals surface area (Å²) in [6.07, 6.45) is 3.00. The molecule has 1 aliphatic heterocycles. The molecule has 2 atom stereocenters. The molecular weight excluding hydrogens is 306 g/mol. The molecule has 0 fully saturated rings. The molecule has 1 aromatic rings. The Labute approximate surface area is 121 Å². The van der Waals surface area contributed by atoms with E-state index in [-0.39, 0.29) is 12.0 Å². The van der Waals surface area contributed by atoms with Crippen LogP contribution in [-0.4, -0.2) is 19.1 Å². The number of halogens is 1. The molecule has 3 nitrogen and oxygen atoms in total. The van der Waals surface area contributed by atoms with E-state index in [2.05, 4.69) is 39.4 Å². The molecule has 1 heterocycles. The number of carbonyl (C=O) groups excluding carboxylic acids is 1. The molecule has 1 aromatic carbocycles. The summed E-state index contributed by atoms with van der Waals surface area (Å²) in [5.41, 5.74) is 3.94. The monoisotopic (exact) mass is 321 g/mol. The van der Waals surface area contributed by atoms with Crippen LogP contribution in [-0.2, 0) is 9.53 Å². The van der Waals surface area contributed by atoms with Crippen LogP contribution >= 0.6 is 15.9 Å². The minimum atomic E-state index is -0.190. The van der Waals surface area contributed by atoms with Gasteiger partial charge in [-0.15, -0.1) is 0 Å². The van der Waals surface area contributed by atoms with Crippen molar-refractivity contribution in [1.29, 1.82) is 0 Å². The topological polar surface area (TPSA) is 38.3 Å². The van der Waals surface area contributed by atoms with Gasteiger partial charge in [0.15, 0.2) is 0 Å². The van der Waals surface area contributed by atoms with Crippen molar-refractivity contribution < 1.29 is 9.53 Å². The van der Waals surface area contributed by atoms with Gasteiger partial charge in [-0.1, -0.05) is 28.1 Å². The molecule has 1 aliphatic carbocycles. The van der Waals surface area contributed by atoms with Crippen LogP contribution in [0.2, 0.25) is 0 Å². The van der Waals surface area contributed by atoms with Crippen LogP contribution in [0.4, 0.5) is 0 Å². The molecule has 0 spiro atoms. The van der Waals surface area contributed by atoms with E-state index in [1.54, 1.807) is 0 Å². The maximum absolute atomic E-state index is 11.6. The number of methoxy groups -OCH3 is 1. The molecule has 3 rings (SSSR count). The van der Waals surface area contributed by atoms with Gasteiger partial charge in [-0.2, -0.15) is 0 Å². The highest BCUT2D eigenvalue weighted by molar-refractivity contribution is 9.10. The van der Waals surface area contributed by atoms with Gasteiger partial charge in [-0.25, -0.2) is 4.79 Å². The first-order valence-electron chi connectivity index (χ1n) is 6.51. The quantitative estimate of drug-likeness (QED) is 0.850. The Hall–Kier alpha value is -1.29. The van der Waals surface area contributed by atoms with Gasteiger partial charge >= 0.3 is 5.97 Å². The lowest BCUT2D eigenvalue weighted by atomic mass is 9.96. The Kier molecular flexibility index (Phi) is 3.35. The third-order valence-corrected chi connectivity index (χ3v) is 4.47. The SMILES string of the molecule is COC(=O)C1CC2=C(N1)C(c1cccc(Br)c1)CC2. The third kappa shape index (κ3) is 2.29. The molecule has 0 radical (unpaired) electrons. The Balaban J connectivity index is 1.82. The molecule has 0 amide bonds. The van der Waals surface area contributed by atoms with E-state index in [1.807, 2.05) is 6.07 Å². The van der Waals surface area contributed by atoms with Gasteiger partial charge in [0.05, 0.1) is 7.11 Å². The number of benzene rings is 1. The first-order valence-corrected chi connectivity index (χ1v) is 7.30. The van der Waals surface area contributed by atoms with Gasteiger partial charge in [0, 0.05) is 22.5 Å². The van der Waals surface area contributed by atoms with Crippen LogP contribution < -0.4 is 5.32 Å². The number of ether oxygens (including phenoxy) is 1. The maximum atomic E-state index is 11.6. The van der Waals surface area contributed by atoms with E-state index in [9.17, 15) is 4.79 Å². The van der Waals surface area contributed by atoms with Gasteiger partial charge < -0.3 is 10.1 Å². The van der Waals surface area contributed by atoms with Crippen LogP contribution in [0.15, 0.2) is 40.0 Å². The molecule has 2 unspecified atom stereocenters. The first-order chi connectivity index (χ1) is 9.19. The van der Waals surface area contributed by atoms with Gasteiger partial charge in [0.25, 0.3) is 0 Å². The highest BCUT2D eigenvalue weighted by Crippen LogP contribution is 2.43. The molecule has 2 aliphatic rings. The summed E-state index contributed by atoms with van der Waals surface area (Å²) in [6, 6.07) is 8.22. The zero-order valence-corrected chi connectivity index (χ0v) is 12.4. The van der Waals surface area contributed by atoms with Crippen LogP contribution in [0.3, 0.4) is 0 Å². The van der Waals surface area contributed by atoms with Crippen molar-refractivity contribution in [1.82, 2.24) is 5.32 Å². The Morgan fingerprint density at radius 3 is 3.05 bits per heavy atom. The minimum absolute atomic E-state index is 0.164. The second-order valence-corrected chi connectivity index (χ2v) is 6.00. The Bertz CT molecular complexity index is 553. The number of nitrogens with one attached hydrogen (secondary N) is 1. The summed E-state index contributed by atoms with van der Waals surface area (Å²) >= 11 is 3.52. The summed E-state index contributed by atoms with van der Waals surface area (Å²) in [7, 11) is 1.44. The van der Waals surface area contributed by atoms with E-state index in [0.29, 0.717) is 5.92 Å². The van der Waals surface area contributed by atoms with Crippen LogP contribution in [0.5, 0.6) is 0 Å². The van der Waals surface area contributed by atoms with Crippen molar-refractivity contribution in [3.8, 4) is 0 Å². The number of hydrogen-bond donors (Lipinski definition) is 1. The highest BCUT2D eigenvalue weighted by Gasteiger charge is 2.37. The zero-order valence-electron chi connectivity index (χ0n) is 10.8. The van der Waals surface area contributed by atoms with Crippen LogP contribution in [0, 0.1) is 0 Å². The van der Waals surface area contributed by atoms with Crippen molar-refractivity contribution in [2.75, 3.05) is 7.11 Å². The molecule has 0 saturated heterocycles. The largest absolute Gasteiger partial charge is 0.467 e. The van der Waals surface area contributed by atoms with Gasteiger partial charge in [-0.05, 0) is 36.1 Å². The number of esters is 1. The van der Waals surface area contributed by atoms with Gasteiger partial charge in [-0.3, -0.25) is 0 Å². The number of allylic oxidation sites excluding steroid dienone is 1. The fourth-order valence-corrected chi connectivity index (χ4v) is 3.50. The van der Waals surface area contributed by atoms with Crippen LogP contribution in [0.25, 0.3) is 0 Å². The summed E-state index contributed by atoms with van der Waals surface area (Å²) < 4.78 is 5.92. The first kappa shape index (κ1) is 12.7. The average Bonchev–Trinajstić information content (AvgIpc) is 2.97. The molecule has 19 heavy (non-hydrogen) atoms. The normalized spacial score (nSPS) is 25.2. The smallest absolute Gasteiger partial charge is 0.328 e. The standard InChI is InChI=1S/C15H16BrNO2/c1-19-15(18)13-8-10-5-6-12(14(10)17-13)9-3-2-4-11(16)7-9/h2-4,7,12-13,17H,5-6,8H2,1H3. The maximum Gasteiger partial charge on any atom is 0.328 e. The van der Waals surface area contributed by atoms with Crippen molar-refractivity contribution >= 4 is 21.9 Å². The molecule has 100 valence electrons.